The van der Waals surface area contributed by atoms with Crippen LogP contribution < -0.4 is 5.06 Å². The lowest BCUT2D eigenvalue weighted by atomic mass is 10.2. The second-order valence-corrected chi connectivity index (χ2v) is 5.12. The average Bonchev–Trinajstić information content (AvgIpc) is 2.56. The van der Waals surface area contributed by atoms with Crippen molar-refractivity contribution >= 4 is 34.7 Å². The molecule has 1 N–H and O–H groups in total. The molecule has 0 unspecified atom stereocenters. The summed E-state index contributed by atoms with van der Waals surface area (Å²) >= 11 is 5.79. The zero-order chi connectivity index (χ0) is 16.8. The summed E-state index contributed by atoms with van der Waals surface area (Å²) in [5, 5.41) is 8.76. The number of hydrogen-bond acceptors (Lipinski definition) is 5. The molecule has 2 aromatic rings. The number of pyridine rings is 1. The van der Waals surface area contributed by atoms with Crippen molar-refractivity contribution in [3.8, 4) is 0 Å². The molecule has 0 fully saturated rings. The van der Waals surface area contributed by atoms with Crippen LogP contribution in [0.4, 0.5) is 15.8 Å². The van der Waals surface area contributed by atoms with E-state index in [1.165, 1.54) is 29.5 Å². The predicted molar refractivity (Wildman–Crippen MR) is 86.5 cm³/mol. The highest BCUT2D eigenvalue weighted by Crippen LogP contribution is 2.29. The van der Waals surface area contributed by atoms with Gasteiger partial charge < -0.3 is 4.84 Å². The molecule has 1 heterocycles. The molecule has 0 saturated carbocycles. The molecule has 5 nitrogen and oxygen atoms in total. The number of anilines is 2. The van der Waals surface area contributed by atoms with Gasteiger partial charge in [0.1, 0.15) is 11.5 Å². The van der Waals surface area contributed by atoms with Crippen LogP contribution in [0.15, 0.2) is 42.7 Å². The Morgan fingerprint density at radius 2 is 2.17 bits per heavy atom. The predicted octanol–water partition coefficient (Wildman–Crippen LogP) is 4.29. The number of carbonyl (C=O) groups is 1. The van der Waals surface area contributed by atoms with Gasteiger partial charge in [-0.3, -0.25) is 10.4 Å². The number of aromatic nitrogens is 1. The highest BCUT2D eigenvalue weighted by atomic mass is 35.5. The van der Waals surface area contributed by atoms with Crippen molar-refractivity contribution in [2.24, 2.45) is 0 Å². The summed E-state index contributed by atoms with van der Waals surface area (Å²) in [7, 11) is 0. The lowest BCUT2D eigenvalue weighted by Gasteiger charge is -2.23. The lowest BCUT2D eigenvalue weighted by molar-refractivity contribution is -0.135. The fourth-order valence-corrected chi connectivity index (χ4v) is 2.00. The summed E-state index contributed by atoms with van der Waals surface area (Å²) in [5.74, 6) is -1.36. The second kappa shape index (κ2) is 7.69. The first-order chi connectivity index (χ1) is 11.0. The van der Waals surface area contributed by atoms with Crippen molar-refractivity contribution in [3.63, 3.8) is 0 Å². The molecule has 2 rings (SSSR count). The molecule has 0 aliphatic heterocycles. The van der Waals surface area contributed by atoms with Gasteiger partial charge in [0.05, 0.1) is 22.6 Å². The third-order valence-corrected chi connectivity index (χ3v) is 3.23. The summed E-state index contributed by atoms with van der Waals surface area (Å²) in [6.07, 6.45) is 4.02. The van der Waals surface area contributed by atoms with Crippen LogP contribution >= 0.6 is 11.6 Å². The second-order valence-electron chi connectivity index (χ2n) is 4.71. The fraction of sp³-hybridized carbons (Fsp3) is 0.188. The van der Waals surface area contributed by atoms with E-state index in [9.17, 15) is 9.18 Å². The summed E-state index contributed by atoms with van der Waals surface area (Å²) in [6.45, 7) is 1.86. The van der Waals surface area contributed by atoms with Crippen molar-refractivity contribution in [2.45, 2.75) is 19.8 Å². The van der Waals surface area contributed by atoms with Gasteiger partial charge >= 0.3 is 5.97 Å². The van der Waals surface area contributed by atoms with Gasteiger partial charge in [0.25, 0.3) is 0 Å². The van der Waals surface area contributed by atoms with Gasteiger partial charge in [-0.25, -0.2) is 9.18 Å². The first-order valence-corrected chi connectivity index (χ1v) is 7.35. The third kappa shape index (κ3) is 4.26. The van der Waals surface area contributed by atoms with Gasteiger partial charge in [-0.05, 0) is 36.8 Å². The van der Waals surface area contributed by atoms with Crippen LogP contribution in [0.25, 0.3) is 0 Å². The molecule has 0 saturated heterocycles. The summed E-state index contributed by atoms with van der Waals surface area (Å²) in [6, 6.07) is 7.26. The number of benzene rings is 1. The van der Waals surface area contributed by atoms with E-state index >= 15 is 0 Å². The first kappa shape index (κ1) is 16.9. The van der Waals surface area contributed by atoms with Crippen molar-refractivity contribution < 1.29 is 14.0 Å². The van der Waals surface area contributed by atoms with E-state index < -0.39 is 11.8 Å². The summed E-state index contributed by atoms with van der Waals surface area (Å²) < 4.78 is 13.4. The number of halogens is 2. The van der Waals surface area contributed by atoms with Crippen molar-refractivity contribution in [3.05, 3.63) is 53.6 Å². The van der Waals surface area contributed by atoms with E-state index in [0.29, 0.717) is 24.2 Å². The van der Waals surface area contributed by atoms with E-state index in [4.69, 9.17) is 21.8 Å². The van der Waals surface area contributed by atoms with E-state index in [-0.39, 0.29) is 10.7 Å². The molecule has 0 amide bonds. The molecule has 0 radical (unpaired) electrons. The zero-order valence-electron chi connectivity index (χ0n) is 12.4. The number of nitrogens with zero attached hydrogens (tertiary/aromatic N) is 2. The van der Waals surface area contributed by atoms with Crippen LogP contribution in [0.2, 0.25) is 5.02 Å². The minimum atomic E-state index is -0.781. The number of rotatable bonds is 6. The molecule has 0 spiro atoms. The SMILES string of the molecule is CCCC(=N)C(=O)ON(c1cccnc1)c1ccc(F)c(Cl)c1. The molecular weight excluding hydrogens is 321 g/mol. The van der Waals surface area contributed by atoms with Crippen LogP contribution in [-0.4, -0.2) is 16.7 Å². The van der Waals surface area contributed by atoms with Gasteiger partial charge in [-0.1, -0.05) is 24.9 Å². The number of hydrogen-bond donors (Lipinski definition) is 1. The van der Waals surface area contributed by atoms with Crippen LogP contribution in [-0.2, 0) is 9.63 Å². The van der Waals surface area contributed by atoms with E-state index in [0.717, 1.165) is 0 Å². The quantitative estimate of drug-likeness (QED) is 0.631. The van der Waals surface area contributed by atoms with Gasteiger partial charge in [-0.2, -0.15) is 5.06 Å². The monoisotopic (exact) mass is 335 g/mol. The molecule has 1 aromatic carbocycles. The Balaban J connectivity index is 2.34. The van der Waals surface area contributed by atoms with Crippen molar-refractivity contribution in [1.29, 1.82) is 5.41 Å². The zero-order valence-corrected chi connectivity index (χ0v) is 13.2. The molecule has 23 heavy (non-hydrogen) atoms. The molecule has 1 aromatic heterocycles. The third-order valence-electron chi connectivity index (χ3n) is 2.94. The molecular formula is C16H15ClFN3O2. The normalized spacial score (nSPS) is 10.2. The lowest BCUT2D eigenvalue weighted by Crippen LogP contribution is -2.27. The van der Waals surface area contributed by atoms with Gasteiger partial charge in [0.2, 0.25) is 0 Å². The average molecular weight is 336 g/mol. The molecule has 7 heteroatoms. The topological polar surface area (TPSA) is 66.3 Å². The summed E-state index contributed by atoms with van der Waals surface area (Å²) in [5.41, 5.74) is 0.657. The van der Waals surface area contributed by atoms with Crippen LogP contribution in [0.3, 0.4) is 0 Å². The first-order valence-electron chi connectivity index (χ1n) is 6.98. The minimum Gasteiger partial charge on any atom is -0.329 e. The summed E-state index contributed by atoms with van der Waals surface area (Å²) in [4.78, 5) is 21.3. The standard InChI is InChI=1S/C16H15ClFN3O2/c1-2-4-15(19)16(22)23-21(12-5-3-8-20-10-12)11-6-7-14(18)13(17)9-11/h3,5-10,19H,2,4H2,1H3. The van der Waals surface area contributed by atoms with Crippen LogP contribution in [0.5, 0.6) is 0 Å². The van der Waals surface area contributed by atoms with E-state index in [2.05, 4.69) is 4.98 Å². The van der Waals surface area contributed by atoms with Crippen LogP contribution in [0.1, 0.15) is 19.8 Å². The maximum absolute atomic E-state index is 13.4. The smallest absolute Gasteiger partial charge is 0.329 e. The Hall–Kier alpha value is -2.47. The molecule has 0 bridgehead atoms. The Kier molecular flexibility index (Phi) is 5.65. The van der Waals surface area contributed by atoms with Crippen molar-refractivity contribution in [2.75, 3.05) is 5.06 Å². The largest absolute Gasteiger partial charge is 0.376 e. The molecule has 120 valence electrons. The Morgan fingerprint density at radius 3 is 2.78 bits per heavy atom. The van der Waals surface area contributed by atoms with E-state index in [1.807, 2.05) is 6.92 Å². The van der Waals surface area contributed by atoms with Gasteiger partial charge in [0, 0.05) is 6.20 Å². The highest BCUT2D eigenvalue weighted by Gasteiger charge is 2.19. The Bertz CT molecular complexity index is 710. The minimum absolute atomic E-state index is 0.101. The van der Waals surface area contributed by atoms with Gasteiger partial charge in [0.15, 0.2) is 0 Å². The van der Waals surface area contributed by atoms with E-state index in [1.54, 1.807) is 18.3 Å². The molecule has 0 aliphatic rings. The Morgan fingerprint density at radius 1 is 1.39 bits per heavy atom. The van der Waals surface area contributed by atoms with Crippen molar-refractivity contribution in [1.82, 2.24) is 4.98 Å². The maximum Gasteiger partial charge on any atom is 0.376 e. The molecule has 0 aliphatic carbocycles. The maximum atomic E-state index is 13.4. The number of nitrogens with one attached hydrogen (secondary N) is 1. The molecule has 0 atom stereocenters. The fourth-order valence-electron chi connectivity index (χ4n) is 1.83. The number of carbonyl (C=O) groups excluding carboxylic acids is 1. The van der Waals surface area contributed by atoms with Gasteiger partial charge in [-0.15, -0.1) is 0 Å². The highest BCUT2D eigenvalue weighted by molar-refractivity contribution is 6.35. The Labute approximate surface area is 138 Å². The van der Waals surface area contributed by atoms with Crippen LogP contribution in [0, 0.1) is 11.2 Å².